The standard InChI is InChI=1S/C26H25Cl2N7O/c27-21-11-18(35(15-29)16-30)12-22(28)20(21)13-32-26(17-5-2-1-3-6-17)9-10-34(14-26)23-8-4-7-19-24(23)36-33-25(19)31/h1-8,11-12,15-16,29-30,32H,9-10,13-14H2,(H2,31,33). The molecule has 0 aliphatic carbocycles. The Morgan fingerprint density at radius 1 is 1.08 bits per heavy atom. The molecular weight excluding hydrogens is 497 g/mol. The van der Waals surface area contributed by atoms with E-state index < -0.39 is 0 Å². The van der Waals surface area contributed by atoms with E-state index in [9.17, 15) is 0 Å². The average molecular weight is 522 g/mol. The van der Waals surface area contributed by atoms with Crippen molar-refractivity contribution >= 4 is 64.0 Å². The molecule has 10 heteroatoms. The topological polar surface area (TPSA) is 118 Å². The molecule has 184 valence electrons. The van der Waals surface area contributed by atoms with Crippen molar-refractivity contribution in [2.75, 3.05) is 28.6 Å². The van der Waals surface area contributed by atoms with Crippen LogP contribution in [0.15, 0.2) is 65.2 Å². The number of hydrogen-bond donors (Lipinski definition) is 4. The summed E-state index contributed by atoms with van der Waals surface area (Å²) in [5, 5.41) is 24.4. The highest BCUT2D eigenvalue weighted by molar-refractivity contribution is 6.36. The van der Waals surface area contributed by atoms with Crippen LogP contribution < -0.4 is 20.9 Å². The third-order valence-corrected chi connectivity index (χ3v) is 7.42. The number of para-hydroxylation sites is 1. The first-order valence-corrected chi connectivity index (χ1v) is 12.2. The van der Waals surface area contributed by atoms with Gasteiger partial charge in [0.2, 0.25) is 0 Å². The van der Waals surface area contributed by atoms with E-state index in [4.69, 9.17) is 44.3 Å². The van der Waals surface area contributed by atoms with Crippen LogP contribution in [0.4, 0.5) is 17.2 Å². The predicted molar refractivity (Wildman–Crippen MR) is 147 cm³/mol. The molecule has 36 heavy (non-hydrogen) atoms. The van der Waals surface area contributed by atoms with Crippen molar-refractivity contribution in [2.45, 2.75) is 18.5 Å². The quantitative estimate of drug-likeness (QED) is 0.176. The fourth-order valence-electron chi connectivity index (χ4n) is 4.82. The maximum Gasteiger partial charge on any atom is 0.192 e. The number of nitrogen functional groups attached to an aromatic ring is 1. The smallest absolute Gasteiger partial charge is 0.192 e. The number of nitrogens with one attached hydrogen (secondary N) is 3. The van der Waals surface area contributed by atoms with Gasteiger partial charge in [-0.05, 0) is 36.2 Å². The summed E-state index contributed by atoms with van der Waals surface area (Å²) in [5.74, 6) is 0.385. The third kappa shape index (κ3) is 4.28. The highest BCUT2D eigenvalue weighted by atomic mass is 35.5. The molecule has 0 radical (unpaired) electrons. The Morgan fingerprint density at radius 2 is 1.81 bits per heavy atom. The largest absolute Gasteiger partial charge is 0.380 e. The zero-order valence-electron chi connectivity index (χ0n) is 19.3. The summed E-state index contributed by atoms with van der Waals surface area (Å²) >= 11 is 13.2. The molecule has 8 nitrogen and oxygen atoms in total. The molecule has 2 heterocycles. The molecule has 1 fully saturated rings. The molecule has 5 rings (SSSR count). The summed E-state index contributed by atoms with van der Waals surface area (Å²) < 4.78 is 5.57. The van der Waals surface area contributed by atoms with Crippen LogP contribution in [0.3, 0.4) is 0 Å². The fourth-order valence-corrected chi connectivity index (χ4v) is 5.43. The third-order valence-electron chi connectivity index (χ3n) is 6.75. The van der Waals surface area contributed by atoms with Gasteiger partial charge < -0.3 is 20.5 Å². The zero-order valence-corrected chi connectivity index (χ0v) is 20.9. The summed E-state index contributed by atoms with van der Waals surface area (Å²) in [6, 6.07) is 19.7. The molecule has 1 atom stereocenters. The van der Waals surface area contributed by atoms with Gasteiger partial charge >= 0.3 is 0 Å². The summed E-state index contributed by atoms with van der Waals surface area (Å²) in [6.07, 6.45) is 2.92. The van der Waals surface area contributed by atoms with Gasteiger partial charge in [0.1, 0.15) is 0 Å². The average Bonchev–Trinajstić information content (AvgIpc) is 3.50. The van der Waals surface area contributed by atoms with Crippen LogP contribution in [-0.4, -0.2) is 30.9 Å². The summed E-state index contributed by atoms with van der Waals surface area (Å²) in [6.45, 7) is 1.93. The second-order valence-electron chi connectivity index (χ2n) is 8.75. The maximum absolute atomic E-state index is 7.48. The minimum atomic E-state index is -0.365. The van der Waals surface area contributed by atoms with Gasteiger partial charge in [-0.25, -0.2) is 0 Å². The van der Waals surface area contributed by atoms with Crippen molar-refractivity contribution in [3.63, 3.8) is 0 Å². The first-order valence-electron chi connectivity index (χ1n) is 11.4. The lowest BCUT2D eigenvalue weighted by Gasteiger charge is -2.32. The van der Waals surface area contributed by atoms with E-state index in [0.29, 0.717) is 40.2 Å². The van der Waals surface area contributed by atoms with Crippen molar-refractivity contribution < 1.29 is 4.52 Å². The zero-order chi connectivity index (χ0) is 25.3. The van der Waals surface area contributed by atoms with Crippen LogP contribution in [-0.2, 0) is 12.1 Å². The second kappa shape index (κ2) is 9.81. The van der Waals surface area contributed by atoms with Gasteiger partial charge in [0.25, 0.3) is 0 Å². The molecule has 0 bridgehead atoms. The van der Waals surface area contributed by atoms with Crippen molar-refractivity contribution in [3.8, 4) is 0 Å². The number of nitrogens with two attached hydrogens (primary N) is 1. The molecule has 4 aromatic rings. The van der Waals surface area contributed by atoms with Crippen LogP contribution >= 0.6 is 23.2 Å². The molecule has 1 unspecified atom stereocenters. The van der Waals surface area contributed by atoms with Gasteiger partial charge in [-0.3, -0.25) is 15.7 Å². The fraction of sp³-hybridized carbons (Fsp3) is 0.192. The highest BCUT2D eigenvalue weighted by Crippen LogP contribution is 2.39. The number of fused-ring (bicyclic) bond motifs is 1. The van der Waals surface area contributed by atoms with E-state index in [0.717, 1.165) is 42.3 Å². The monoisotopic (exact) mass is 521 g/mol. The molecule has 1 aliphatic rings. The van der Waals surface area contributed by atoms with Gasteiger partial charge in [0.05, 0.1) is 35.0 Å². The molecule has 0 saturated carbocycles. The first-order chi connectivity index (χ1) is 17.5. The lowest BCUT2D eigenvalue weighted by molar-refractivity contribution is 0.366. The molecule has 1 aliphatic heterocycles. The predicted octanol–water partition coefficient (Wildman–Crippen LogP) is 5.63. The number of halogens is 2. The minimum Gasteiger partial charge on any atom is -0.380 e. The van der Waals surface area contributed by atoms with Gasteiger partial charge in [-0.1, -0.05) is 64.8 Å². The van der Waals surface area contributed by atoms with Gasteiger partial charge in [-0.2, -0.15) is 0 Å². The van der Waals surface area contributed by atoms with E-state index >= 15 is 0 Å². The summed E-state index contributed by atoms with van der Waals surface area (Å²) in [4.78, 5) is 3.61. The minimum absolute atomic E-state index is 0.365. The summed E-state index contributed by atoms with van der Waals surface area (Å²) in [5.41, 5.74) is 9.74. The molecule has 3 aromatic carbocycles. The molecule has 0 spiro atoms. The van der Waals surface area contributed by atoms with E-state index in [1.165, 1.54) is 10.5 Å². The number of benzene rings is 3. The number of anilines is 3. The van der Waals surface area contributed by atoms with E-state index in [2.05, 4.69) is 27.5 Å². The van der Waals surface area contributed by atoms with Crippen LogP contribution in [0, 0.1) is 10.8 Å². The SMILES string of the molecule is N=CN(C=N)c1cc(Cl)c(CNC2(c3ccccc3)CCN(c3cccc4c(N)noc34)C2)c(Cl)c1. The maximum atomic E-state index is 7.48. The van der Waals surface area contributed by atoms with Crippen molar-refractivity contribution in [1.82, 2.24) is 10.5 Å². The van der Waals surface area contributed by atoms with Crippen LogP contribution in [0.1, 0.15) is 17.5 Å². The first kappa shape index (κ1) is 24.1. The summed E-state index contributed by atoms with van der Waals surface area (Å²) in [7, 11) is 0. The molecule has 0 amide bonds. The van der Waals surface area contributed by atoms with E-state index in [1.54, 1.807) is 12.1 Å². The van der Waals surface area contributed by atoms with E-state index in [1.807, 2.05) is 36.4 Å². The van der Waals surface area contributed by atoms with Gasteiger partial charge in [-0.15, -0.1) is 0 Å². The molecule has 1 aromatic heterocycles. The number of aromatic nitrogens is 1. The lowest BCUT2D eigenvalue weighted by Crippen LogP contribution is -2.44. The van der Waals surface area contributed by atoms with E-state index in [-0.39, 0.29) is 5.54 Å². The Balaban J connectivity index is 1.46. The Bertz CT molecular complexity index is 1390. The van der Waals surface area contributed by atoms with Crippen LogP contribution in [0.25, 0.3) is 11.0 Å². The Kier molecular flexibility index (Phi) is 6.57. The molecule has 1 saturated heterocycles. The van der Waals surface area contributed by atoms with Crippen LogP contribution in [0.2, 0.25) is 10.0 Å². The molecular formula is C26H25Cl2N7O. The van der Waals surface area contributed by atoms with Crippen molar-refractivity contribution in [3.05, 3.63) is 81.8 Å². The Labute approximate surface area is 218 Å². The Hall–Kier alpha value is -3.59. The van der Waals surface area contributed by atoms with Crippen molar-refractivity contribution in [2.24, 2.45) is 0 Å². The second-order valence-corrected chi connectivity index (χ2v) is 9.56. The lowest BCUT2D eigenvalue weighted by atomic mass is 9.88. The van der Waals surface area contributed by atoms with Crippen molar-refractivity contribution in [1.29, 1.82) is 10.8 Å². The number of hydrogen-bond acceptors (Lipinski definition) is 7. The number of rotatable bonds is 8. The Morgan fingerprint density at radius 3 is 2.50 bits per heavy atom. The van der Waals surface area contributed by atoms with Gasteiger partial charge in [0, 0.05) is 35.2 Å². The normalized spacial score (nSPS) is 17.4. The number of nitrogens with zero attached hydrogens (tertiary/aromatic N) is 3. The molecule has 5 N–H and O–H groups in total. The van der Waals surface area contributed by atoms with Gasteiger partial charge in [0.15, 0.2) is 11.4 Å². The van der Waals surface area contributed by atoms with Crippen LogP contribution in [0.5, 0.6) is 0 Å². The highest BCUT2D eigenvalue weighted by Gasteiger charge is 2.40.